The Labute approximate surface area is 197 Å². The van der Waals surface area contributed by atoms with E-state index in [1.807, 2.05) is 38.1 Å². The van der Waals surface area contributed by atoms with Gasteiger partial charge in [0.1, 0.15) is 23.5 Å². The SMILES string of the molecule is CCCON=C(C)c1ccc(CCOc2c(Cl)cc(OCC=C(Cl)Cl)cc2Cl)cc1. The summed E-state index contributed by atoms with van der Waals surface area (Å²) < 4.78 is 11.4. The van der Waals surface area contributed by atoms with Crippen LogP contribution >= 0.6 is 46.4 Å². The number of ether oxygens (including phenoxy) is 2. The Bertz CT molecular complexity index is 855. The fourth-order valence-corrected chi connectivity index (χ4v) is 3.13. The van der Waals surface area contributed by atoms with Gasteiger partial charge in [0.15, 0.2) is 5.75 Å². The first-order valence-corrected chi connectivity index (χ1v) is 10.9. The van der Waals surface area contributed by atoms with E-state index in [0.29, 0.717) is 41.2 Å². The zero-order valence-corrected chi connectivity index (χ0v) is 19.8. The second kappa shape index (κ2) is 13.0. The van der Waals surface area contributed by atoms with Gasteiger partial charge in [-0.1, -0.05) is 82.7 Å². The summed E-state index contributed by atoms with van der Waals surface area (Å²) in [7, 11) is 0. The molecule has 0 aliphatic rings. The molecule has 2 aromatic carbocycles. The molecule has 0 atom stereocenters. The molecule has 0 N–H and O–H groups in total. The fraction of sp³-hybridized carbons (Fsp3) is 0.318. The minimum atomic E-state index is 0.132. The highest BCUT2D eigenvalue weighted by atomic mass is 35.5. The van der Waals surface area contributed by atoms with Crippen molar-refractivity contribution in [3.05, 3.63) is 68.1 Å². The van der Waals surface area contributed by atoms with Crippen molar-refractivity contribution in [3.8, 4) is 11.5 Å². The summed E-state index contributed by atoms with van der Waals surface area (Å²) in [6, 6.07) is 11.4. The highest BCUT2D eigenvalue weighted by molar-refractivity contribution is 6.55. The first kappa shape index (κ1) is 24.7. The Morgan fingerprint density at radius 3 is 2.27 bits per heavy atom. The summed E-state index contributed by atoms with van der Waals surface area (Å²) in [5.41, 5.74) is 2.98. The van der Waals surface area contributed by atoms with Gasteiger partial charge in [-0.3, -0.25) is 0 Å². The maximum absolute atomic E-state index is 6.28. The highest BCUT2D eigenvalue weighted by Crippen LogP contribution is 2.37. The van der Waals surface area contributed by atoms with E-state index >= 15 is 0 Å². The Kier molecular flexibility index (Phi) is 10.7. The molecule has 30 heavy (non-hydrogen) atoms. The van der Waals surface area contributed by atoms with E-state index in [0.717, 1.165) is 23.3 Å². The van der Waals surface area contributed by atoms with Crippen LogP contribution in [-0.2, 0) is 11.3 Å². The molecule has 162 valence electrons. The van der Waals surface area contributed by atoms with Crippen molar-refractivity contribution in [3.63, 3.8) is 0 Å². The van der Waals surface area contributed by atoms with Gasteiger partial charge in [-0.25, -0.2) is 0 Å². The molecular weight excluding hydrogens is 468 g/mol. The van der Waals surface area contributed by atoms with Crippen molar-refractivity contribution < 1.29 is 14.3 Å². The summed E-state index contributed by atoms with van der Waals surface area (Å²) >= 11 is 23.7. The molecule has 0 fully saturated rings. The third-order valence-corrected chi connectivity index (χ3v) is 4.84. The maximum Gasteiger partial charge on any atom is 0.156 e. The topological polar surface area (TPSA) is 40.0 Å². The van der Waals surface area contributed by atoms with Crippen molar-refractivity contribution in [2.75, 3.05) is 19.8 Å². The van der Waals surface area contributed by atoms with E-state index < -0.39 is 0 Å². The minimum Gasteiger partial charge on any atom is -0.490 e. The lowest BCUT2D eigenvalue weighted by Crippen LogP contribution is -2.03. The van der Waals surface area contributed by atoms with Crippen LogP contribution in [0.2, 0.25) is 10.0 Å². The number of nitrogens with zero attached hydrogens (tertiary/aromatic N) is 1. The van der Waals surface area contributed by atoms with Crippen LogP contribution in [0.15, 0.2) is 52.1 Å². The van der Waals surface area contributed by atoms with Gasteiger partial charge in [0.25, 0.3) is 0 Å². The predicted octanol–water partition coefficient (Wildman–Crippen LogP) is 7.46. The van der Waals surface area contributed by atoms with E-state index in [1.54, 1.807) is 12.1 Å². The second-order valence-corrected chi connectivity index (χ2v) is 8.15. The lowest BCUT2D eigenvalue weighted by Gasteiger charge is -2.12. The molecule has 4 nitrogen and oxygen atoms in total. The normalized spacial score (nSPS) is 11.2. The van der Waals surface area contributed by atoms with Crippen LogP contribution in [0, 0.1) is 0 Å². The quantitative estimate of drug-likeness (QED) is 0.186. The number of hydrogen-bond acceptors (Lipinski definition) is 4. The largest absolute Gasteiger partial charge is 0.490 e. The number of hydrogen-bond donors (Lipinski definition) is 0. The van der Waals surface area contributed by atoms with Crippen LogP contribution in [0.1, 0.15) is 31.4 Å². The van der Waals surface area contributed by atoms with Gasteiger partial charge in [-0.05, 0) is 30.5 Å². The molecule has 0 bridgehead atoms. The molecule has 2 aromatic rings. The van der Waals surface area contributed by atoms with Gasteiger partial charge in [0.2, 0.25) is 0 Å². The molecule has 0 radical (unpaired) electrons. The minimum absolute atomic E-state index is 0.132. The summed E-state index contributed by atoms with van der Waals surface area (Å²) in [4.78, 5) is 5.23. The van der Waals surface area contributed by atoms with E-state index in [9.17, 15) is 0 Å². The van der Waals surface area contributed by atoms with E-state index in [1.165, 1.54) is 6.08 Å². The molecule has 0 spiro atoms. The fourth-order valence-electron chi connectivity index (χ4n) is 2.43. The standard InChI is InChI=1S/C22H23Cl4NO3/c1-3-10-30-27-15(2)17-6-4-16(5-7-17)8-11-29-22-19(23)13-18(14-20(22)24)28-12-9-21(25)26/h4-7,9,13-14H,3,8,10-12H2,1-2H3. The summed E-state index contributed by atoms with van der Waals surface area (Å²) in [5.74, 6) is 0.919. The summed E-state index contributed by atoms with van der Waals surface area (Å²) in [5, 5.41) is 4.84. The highest BCUT2D eigenvalue weighted by Gasteiger charge is 2.11. The maximum atomic E-state index is 6.28. The molecule has 0 aliphatic heterocycles. The zero-order chi connectivity index (χ0) is 21.9. The molecule has 0 saturated carbocycles. The van der Waals surface area contributed by atoms with Crippen molar-refractivity contribution >= 4 is 52.1 Å². The van der Waals surface area contributed by atoms with Gasteiger partial charge in [0, 0.05) is 18.6 Å². The number of rotatable bonds is 11. The number of benzene rings is 2. The third-order valence-electron chi connectivity index (χ3n) is 3.97. The van der Waals surface area contributed by atoms with Crippen molar-refractivity contribution in [1.82, 2.24) is 0 Å². The van der Waals surface area contributed by atoms with E-state index in [-0.39, 0.29) is 11.1 Å². The number of halogens is 4. The molecular formula is C22H23Cl4NO3. The van der Waals surface area contributed by atoms with Crippen LogP contribution in [0.25, 0.3) is 0 Å². The molecule has 0 aliphatic carbocycles. The monoisotopic (exact) mass is 489 g/mol. The van der Waals surface area contributed by atoms with Crippen molar-refractivity contribution in [1.29, 1.82) is 0 Å². The Morgan fingerprint density at radius 1 is 1.00 bits per heavy atom. The lowest BCUT2D eigenvalue weighted by atomic mass is 10.1. The van der Waals surface area contributed by atoms with E-state index in [4.69, 9.17) is 60.7 Å². The lowest BCUT2D eigenvalue weighted by molar-refractivity contribution is 0.145. The summed E-state index contributed by atoms with van der Waals surface area (Å²) in [6.07, 6.45) is 3.15. The number of oxime groups is 1. The van der Waals surface area contributed by atoms with Crippen molar-refractivity contribution in [2.45, 2.75) is 26.7 Å². The molecule has 0 unspecified atom stereocenters. The molecule has 8 heteroatoms. The zero-order valence-electron chi connectivity index (χ0n) is 16.8. The molecule has 0 amide bonds. The van der Waals surface area contributed by atoms with Gasteiger partial charge in [-0.15, -0.1) is 0 Å². The van der Waals surface area contributed by atoms with Crippen LogP contribution in [0.4, 0.5) is 0 Å². The third kappa shape index (κ3) is 8.27. The molecule has 0 aromatic heterocycles. The van der Waals surface area contributed by atoms with Crippen LogP contribution < -0.4 is 9.47 Å². The molecule has 0 heterocycles. The van der Waals surface area contributed by atoms with Crippen LogP contribution in [0.5, 0.6) is 11.5 Å². The van der Waals surface area contributed by atoms with Crippen LogP contribution in [0.3, 0.4) is 0 Å². The Balaban J connectivity index is 1.90. The molecule has 2 rings (SSSR count). The van der Waals surface area contributed by atoms with Crippen LogP contribution in [-0.4, -0.2) is 25.5 Å². The van der Waals surface area contributed by atoms with Gasteiger partial charge in [-0.2, -0.15) is 0 Å². The van der Waals surface area contributed by atoms with E-state index in [2.05, 4.69) is 5.16 Å². The average Bonchev–Trinajstić information content (AvgIpc) is 2.70. The smallest absolute Gasteiger partial charge is 0.156 e. The van der Waals surface area contributed by atoms with Gasteiger partial charge >= 0.3 is 0 Å². The molecule has 0 saturated heterocycles. The van der Waals surface area contributed by atoms with Gasteiger partial charge < -0.3 is 14.3 Å². The van der Waals surface area contributed by atoms with Gasteiger partial charge in [0.05, 0.1) is 22.4 Å². The first-order chi connectivity index (χ1) is 14.4. The second-order valence-electron chi connectivity index (χ2n) is 6.33. The Hall–Kier alpha value is -1.59. The summed E-state index contributed by atoms with van der Waals surface area (Å²) in [6.45, 7) is 5.22. The average molecular weight is 491 g/mol. The Morgan fingerprint density at radius 2 is 1.67 bits per heavy atom. The predicted molar refractivity (Wildman–Crippen MR) is 126 cm³/mol. The first-order valence-electron chi connectivity index (χ1n) is 9.42. The van der Waals surface area contributed by atoms with Crippen molar-refractivity contribution in [2.24, 2.45) is 5.16 Å².